The lowest BCUT2D eigenvalue weighted by atomic mass is 9.80. The molecule has 214 valence electrons. The molecule has 0 radical (unpaired) electrons. The Morgan fingerprint density at radius 1 is 0.850 bits per heavy atom. The molecule has 0 saturated carbocycles. The van der Waals surface area contributed by atoms with Gasteiger partial charge in [0.15, 0.2) is 17.0 Å². The molecule has 0 aliphatic rings. The summed E-state index contributed by atoms with van der Waals surface area (Å²) in [6.07, 6.45) is -2.35. The van der Waals surface area contributed by atoms with E-state index in [1.807, 2.05) is 60.7 Å². The van der Waals surface area contributed by atoms with Gasteiger partial charge < -0.3 is 24.1 Å². The Labute approximate surface area is 236 Å². The molecular weight excluding hydrogens is 510 g/mol. The minimum absolute atomic E-state index is 0.0221. The Bertz CT molecular complexity index is 1260. The van der Waals surface area contributed by atoms with Crippen molar-refractivity contribution in [3.63, 3.8) is 0 Å². The summed E-state index contributed by atoms with van der Waals surface area (Å²) in [6.45, 7) is 6.95. The molecule has 0 unspecified atom stereocenters. The monoisotopic (exact) mass is 549 g/mol. The third kappa shape index (κ3) is 7.12. The van der Waals surface area contributed by atoms with Gasteiger partial charge in [-0.05, 0) is 56.5 Å². The van der Waals surface area contributed by atoms with Gasteiger partial charge in [-0.1, -0.05) is 66.7 Å². The number of nitrogens with zero attached hydrogens (tertiary/aromatic N) is 1. The number of carbonyl (C=O) groups is 2. The van der Waals surface area contributed by atoms with Crippen LogP contribution in [0.15, 0.2) is 78.9 Å². The summed E-state index contributed by atoms with van der Waals surface area (Å²) in [5.41, 5.74) is -0.989. The van der Waals surface area contributed by atoms with Crippen LogP contribution in [0.4, 0.5) is 4.79 Å². The molecule has 1 amide bonds. The average molecular weight is 550 g/mol. The van der Waals surface area contributed by atoms with Gasteiger partial charge in [-0.2, -0.15) is 0 Å². The normalized spacial score (nSPS) is 13.5. The molecule has 2 atom stereocenters. The van der Waals surface area contributed by atoms with Crippen LogP contribution in [0.5, 0.6) is 11.5 Å². The molecule has 3 rings (SSSR count). The van der Waals surface area contributed by atoms with Gasteiger partial charge in [0.2, 0.25) is 0 Å². The number of benzene rings is 3. The van der Waals surface area contributed by atoms with Crippen LogP contribution < -0.4 is 9.47 Å². The third-order valence-electron chi connectivity index (χ3n) is 6.40. The molecule has 40 heavy (non-hydrogen) atoms. The number of methoxy groups -OCH3 is 2. The quantitative estimate of drug-likeness (QED) is 0.306. The van der Waals surface area contributed by atoms with Crippen LogP contribution in [-0.2, 0) is 27.2 Å². The van der Waals surface area contributed by atoms with Crippen molar-refractivity contribution in [1.29, 1.82) is 0 Å². The fraction of sp³-hybridized carbons (Fsp3) is 0.375. The highest BCUT2D eigenvalue weighted by atomic mass is 16.6. The van der Waals surface area contributed by atoms with Gasteiger partial charge in [-0.15, -0.1) is 0 Å². The number of esters is 1. The second-order valence-corrected chi connectivity index (χ2v) is 10.4. The lowest BCUT2D eigenvalue weighted by Crippen LogP contribution is -2.63. The SMILES string of the molecule is CCOC(=O)[C@@](Cc1ccccc1)([C@H](O)c1ccc(OC)c(OC)c1)N(Cc1ccccc1)C(=O)OC(C)(C)C. The summed E-state index contributed by atoms with van der Waals surface area (Å²) in [4.78, 5) is 29.5. The third-order valence-corrected chi connectivity index (χ3v) is 6.40. The lowest BCUT2D eigenvalue weighted by Gasteiger charge is -2.45. The zero-order chi connectivity index (χ0) is 29.3. The summed E-state index contributed by atoms with van der Waals surface area (Å²) in [5, 5.41) is 12.2. The summed E-state index contributed by atoms with van der Waals surface area (Å²) in [6, 6.07) is 23.3. The van der Waals surface area contributed by atoms with Crippen molar-refractivity contribution >= 4 is 12.1 Å². The van der Waals surface area contributed by atoms with Crippen molar-refractivity contribution in [2.75, 3.05) is 20.8 Å². The molecule has 8 heteroatoms. The molecule has 0 aliphatic carbocycles. The first-order chi connectivity index (χ1) is 19.1. The van der Waals surface area contributed by atoms with Crippen LogP contribution in [0.25, 0.3) is 0 Å². The van der Waals surface area contributed by atoms with Gasteiger partial charge in [0.05, 0.1) is 27.4 Å². The van der Waals surface area contributed by atoms with Gasteiger partial charge in [0.1, 0.15) is 11.7 Å². The van der Waals surface area contributed by atoms with E-state index in [0.717, 1.165) is 11.1 Å². The summed E-state index contributed by atoms with van der Waals surface area (Å²) < 4.78 is 22.3. The molecular formula is C32H39NO7. The van der Waals surface area contributed by atoms with E-state index in [-0.39, 0.29) is 19.6 Å². The molecule has 0 aliphatic heterocycles. The van der Waals surface area contributed by atoms with Crippen molar-refractivity contribution in [1.82, 2.24) is 4.90 Å². The van der Waals surface area contributed by atoms with E-state index in [1.54, 1.807) is 45.9 Å². The lowest BCUT2D eigenvalue weighted by molar-refractivity contribution is -0.168. The Balaban J connectivity index is 2.32. The number of aliphatic hydroxyl groups excluding tert-OH is 1. The largest absolute Gasteiger partial charge is 0.493 e. The van der Waals surface area contributed by atoms with Crippen molar-refractivity contribution in [3.05, 3.63) is 95.6 Å². The molecule has 0 heterocycles. The van der Waals surface area contributed by atoms with Crippen LogP contribution in [0.1, 0.15) is 50.5 Å². The predicted molar refractivity (Wildman–Crippen MR) is 152 cm³/mol. The topological polar surface area (TPSA) is 94.5 Å². The highest BCUT2D eigenvalue weighted by Gasteiger charge is 2.55. The van der Waals surface area contributed by atoms with Crippen LogP contribution in [0.2, 0.25) is 0 Å². The van der Waals surface area contributed by atoms with Crippen LogP contribution in [0, 0.1) is 0 Å². The van der Waals surface area contributed by atoms with E-state index < -0.39 is 29.3 Å². The maximum atomic E-state index is 14.2. The van der Waals surface area contributed by atoms with E-state index in [1.165, 1.54) is 19.1 Å². The Kier molecular flexibility index (Phi) is 10.2. The maximum absolute atomic E-state index is 14.2. The number of carbonyl (C=O) groups excluding carboxylic acids is 2. The maximum Gasteiger partial charge on any atom is 0.411 e. The average Bonchev–Trinajstić information content (AvgIpc) is 2.94. The molecule has 0 bridgehead atoms. The Hall–Kier alpha value is -4.04. The van der Waals surface area contributed by atoms with Crippen LogP contribution >= 0.6 is 0 Å². The zero-order valence-corrected chi connectivity index (χ0v) is 24.0. The zero-order valence-electron chi connectivity index (χ0n) is 24.0. The van der Waals surface area contributed by atoms with E-state index in [4.69, 9.17) is 18.9 Å². The Morgan fingerprint density at radius 2 is 1.43 bits per heavy atom. The minimum atomic E-state index is -1.92. The Morgan fingerprint density at radius 3 is 1.95 bits per heavy atom. The van der Waals surface area contributed by atoms with E-state index >= 15 is 0 Å². The van der Waals surface area contributed by atoms with Crippen molar-refractivity contribution in [3.8, 4) is 11.5 Å². The predicted octanol–water partition coefficient (Wildman–Crippen LogP) is 5.72. The van der Waals surface area contributed by atoms with Crippen molar-refractivity contribution < 1.29 is 33.6 Å². The summed E-state index contributed by atoms with van der Waals surface area (Å²) in [7, 11) is 3.00. The molecule has 0 fully saturated rings. The molecule has 0 saturated heterocycles. The number of rotatable bonds is 11. The number of hydrogen-bond donors (Lipinski definition) is 1. The first-order valence-electron chi connectivity index (χ1n) is 13.2. The number of ether oxygens (including phenoxy) is 4. The molecule has 1 N–H and O–H groups in total. The molecule has 8 nitrogen and oxygen atoms in total. The first-order valence-corrected chi connectivity index (χ1v) is 13.2. The van der Waals surface area contributed by atoms with E-state index in [9.17, 15) is 14.7 Å². The second kappa shape index (κ2) is 13.3. The van der Waals surface area contributed by atoms with Gasteiger partial charge in [0.25, 0.3) is 0 Å². The molecule has 0 spiro atoms. The number of hydrogen-bond acceptors (Lipinski definition) is 7. The van der Waals surface area contributed by atoms with Gasteiger partial charge in [-0.25, -0.2) is 9.59 Å². The first kappa shape index (κ1) is 30.5. The van der Waals surface area contributed by atoms with Gasteiger partial charge in [-0.3, -0.25) is 4.90 Å². The highest BCUT2D eigenvalue weighted by Crippen LogP contribution is 2.41. The molecule has 3 aromatic rings. The van der Waals surface area contributed by atoms with Gasteiger partial charge in [0, 0.05) is 6.42 Å². The minimum Gasteiger partial charge on any atom is -0.493 e. The van der Waals surface area contributed by atoms with E-state index in [2.05, 4.69) is 0 Å². The van der Waals surface area contributed by atoms with Crippen LogP contribution in [-0.4, -0.2) is 54.0 Å². The molecule has 3 aromatic carbocycles. The van der Waals surface area contributed by atoms with Crippen molar-refractivity contribution in [2.45, 2.75) is 57.9 Å². The van der Waals surface area contributed by atoms with Gasteiger partial charge >= 0.3 is 12.1 Å². The fourth-order valence-electron chi connectivity index (χ4n) is 4.55. The van der Waals surface area contributed by atoms with Crippen LogP contribution in [0.3, 0.4) is 0 Å². The number of aliphatic hydroxyl groups is 1. The highest BCUT2D eigenvalue weighted by molar-refractivity contribution is 5.87. The summed E-state index contributed by atoms with van der Waals surface area (Å²) >= 11 is 0. The molecule has 0 aromatic heterocycles. The standard InChI is InChI=1S/C32H39NO7/c1-7-39-29(35)32(21-23-14-10-8-11-15-23,28(34)25-18-19-26(37-5)27(20-25)38-6)33(30(36)40-31(2,3)4)22-24-16-12-9-13-17-24/h8-20,28,34H,7,21-22H2,1-6H3/t28-,32-/m1/s1. The van der Waals surface area contributed by atoms with E-state index in [0.29, 0.717) is 17.1 Å². The fourth-order valence-corrected chi connectivity index (χ4v) is 4.55. The number of amides is 1. The van der Waals surface area contributed by atoms with Crippen molar-refractivity contribution in [2.24, 2.45) is 0 Å². The summed E-state index contributed by atoms with van der Waals surface area (Å²) in [5.74, 6) is 0.0582. The second-order valence-electron chi connectivity index (χ2n) is 10.4. The smallest absolute Gasteiger partial charge is 0.411 e.